The summed E-state index contributed by atoms with van der Waals surface area (Å²) in [6.07, 6.45) is 1.57. The van der Waals surface area contributed by atoms with Gasteiger partial charge in [-0.25, -0.2) is 0 Å². The van der Waals surface area contributed by atoms with Gasteiger partial charge in [-0.15, -0.1) is 0 Å². The Labute approximate surface area is 157 Å². The number of ether oxygens (including phenoxy) is 2. The summed E-state index contributed by atoms with van der Waals surface area (Å²) in [6, 6.07) is 14.9. The zero-order chi connectivity index (χ0) is 19.4. The van der Waals surface area contributed by atoms with Crippen LogP contribution in [0.5, 0.6) is 11.5 Å². The Morgan fingerprint density at radius 3 is 2.70 bits per heavy atom. The summed E-state index contributed by atoms with van der Waals surface area (Å²) in [5.41, 5.74) is 2.90. The van der Waals surface area contributed by atoms with Gasteiger partial charge in [-0.05, 0) is 43.7 Å². The molecule has 0 unspecified atom stereocenters. The minimum atomic E-state index is -0.305. The van der Waals surface area contributed by atoms with Crippen molar-refractivity contribution in [3.05, 3.63) is 64.9 Å². The predicted molar refractivity (Wildman–Crippen MR) is 105 cm³/mol. The molecule has 0 bridgehead atoms. The fourth-order valence-corrected chi connectivity index (χ4v) is 3.07. The SMILES string of the molecule is CCOc1ccc(/C=C(\C#N)C(=O)c2c(C)[nH]c3ccccc23)cc1OC. The number of hydrogen-bond acceptors (Lipinski definition) is 4. The first-order valence-electron chi connectivity index (χ1n) is 8.63. The number of para-hydroxylation sites is 1. The summed E-state index contributed by atoms with van der Waals surface area (Å²) < 4.78 is 10.8. The van der Waals surface area contributed by atoms with Crippen LogP contribution in [0.25, 0.3) is 17.0 Å². The van der Waals surface area contributed by atoms with Crippen molar-refractivity contribution in [2.24, 2.45) is 0 Å². The number of aromatic nitrogens is 1. The van der Waals surface area contributed by atoms with Gasteiger partial charge in [0.15, 0.2) is 11.5 Å². The van der Waals surface area contributed by atoms with Crippen molar-refractivity contribution in [1.82, 2.24) is 4.98 Å². The Kier molecular flexibility index (Phi) is 5.28. The number of nitriles is 1. The molecule has 0 aliphatic rings. The first-order valence-corrected chi connectivity index (χ1v) is 8.63. The van der Waals surface area contributed by atoms with E-state index in [1.807, 2.05) is 44.2 Å². The molecule has 1 heterocycles. The van der Waals surface area contributed by atoms with Crippen LogP contribution in [-0.4, -0.2) is 24.5 Å². The van der Waals surface area contributed by atoms with Gasteiger partial charge in [-0.2, -0.15) is 5.26 Å². The van der Waals surface area contributed by atoms with Crippen LogP contribution in [0, 0.1) is 18.3 Å². The lowest BCUT2D eigenvalue weighted by Gasteiger charge is -2.09. The van der Waals surface area contributed by atoms with Crippen molar-refractivity contribution in [2.45, 2.75) is 13.8 Å². The summed E-state index contributed by atoms with van der Waals surface area (Å²) in [4.78, 5) is 16.2. The van der Waals surface area contributed by atoms with Crippen molar-refractivity contribution >= 4 is 22.8 Å². The fraction of sp³-hybridized carbons (Fsp3) is 0.182. The summed E-state index contributed by atoms with van der Waals surface area (Å²) in [7, 11) is 1.55. The molecule has 0 fully saturated rings. The Balaban J connectivity index is 2.03. The molecule has 0 radical (unpaired) electrons. The maximum Gasteiger partial charge on any atom is 0.205 e. The van der Waals surface area contributed by atoms with Gasteiger partial charge in [0.25, 0.3) is 0 Å². The molecule has 27 heavy (non-hydrogen) atoms. The van der Waals surface area contributed by atoms with Crippen LogP contribution in [0.4, 0.5) is 0 Å². The number of carbonyl (C=O) groups excluding carboxylic acids is 1. The topological polar surface area (TPSA) is 75.1 Å². The van der Waals surface area contributed by atoms with Gasteiger partial charge in [0.1, 0.15) is 11.6 Å². The Morgan fingerprint density at radius 1 is 1.22 bits per heavy atom. The number of benzene rings is 2. The van der Waals surface area contributed by atoms with E-state index in [9.17, 15) is 10.1 Å². The largest absolute Gasteiger partial charge is 0.493 e. The van der Waals surface area contributed by atoms with Crippen molar-refractivity contribution in [1.29, 1.82) is 5.26 Å². The van der Waals surface area contributed by atoms with E-state index in [-0.39, 0.29) is 11.4 Å². The first kappa shape index (κ1) is 18.3. The molecule has 0 saturated carbocycles. The molecule has 0 spiro atoms. The van der Waals surface area contributed by atoms with Crippen LogP contribution in [0.15, 0.2) is 48.0 Å². The molecule has 0 amide bonds. The summed E-state index contributed by atoms with van der Waals surface area (Å²) in [5, 5.41) is 10.4. The number of H-pyrrole nitrogens is 1. The second-order valence-electron chi connectivity index (χ2n) is 6.01. The van der Waals surface area contributed by atoms with Gasteiger partial charge < -0.3 is 14.5 Å². The average Bonchev–Trinajstić information content (AvgIpc) is 3.02. The van der Waals surface area contributed by atoms with Crippen LogP contribution in [-0.2, 0) is 0 Å². The second-order valence-corrected chi connectivity index (χ2v) is 6.01. The molecule has 3 rings (SSSR count). The van der Waals surface area contributed by atoms with E-state index in [4.69, 9.17) is 9.47 Å². The zero-order valence-electron chi connectivity index (χ0n) is 15.5. The van der Waals surface area contributed by atoms with Crippen molar-refractivity contribution < 1.29 is 14.3 Å². The molecule has 5 nitrogen and oxygen atoms in total. The molecular formula is C22H20N2O3. The van der Waals surface area contributed by atoms with E-state index in [0.717, 1.165) is 16.6 Å². The molecule has 5 heteroatoms. The summed E-state index contributed by atoms with van der Waals surface area (Å²) in [5.74, 6) is 0.869. The maximum atomic E-state index is 13.0. The summed E-state index contributed by atoms with van der Waals surface area (Å²) >= 11 is 0. The van der Waals surface area contributed by atoms with Crippen LogP contribution in [0.2, 0.25) is 0 Å². The van der Waals surface area contributed by atoms with E-state index in [1.54, 1.807) is 31.4 Å². The minimum Gasteiger partial charge on any atom is -0.493 e. The second kappa shape index (κ2) is 7.79. The molecule has 3 aromatic rings. The van der Waals surface area contributed by atoms with E-state index in [0.29, 0.717) is 29.2 Å². The molecule has 0 atom stereocenters. The molecule has 0 aliphatic carbocycles. The number of nitrogens with zero attached hydrogens (tertiary/aromatic N) is 1. The lowest BCUT2D eigenvalue weighted by Crippen LogP contribution is -2.03. The highest BCUT2D eigenvalue weighted by molar-refractivity contribution is 6.20. The Morgan fingerprint density at radius 2 is 2.00 bits per heavy atom. The van der Waals surface area contributed by atoms with Gasteiger partial charge >= 0.3 is 0 Å². The molecule has 2 aromatic carbocycles. The van der Waals surface area contributed by atoms with Gasteiger partial charge in [0.05, 0.1) is 19.3 Å². The van der Waals surface area contributed by atoms with E-state index in [2.05, 4.69) is 4.98 Å². The van der Waals surface area contributed by atoms with Crippen LogP contribution in [0.1, 0.15) is 28.5 Å². The average molecular weight is 360 g/mol. The molecule has 0 saturated heterocycles. The number of allylic oxidation sites excluding steroid dienone is 1. The Bertz CT molecular complexity index is 1070. The number of aryl methyl sites for hydroxylation is 1. The third-order valence-electron chi connectivity index (χ3n) is 4.28. The fourth-order valence-electron chi connectivity index (χ4n) is 3.07. The minimum absolute atomic E-state index is 0.0640. The number of aromatic amines is 1. The smallest absolute Gasteiger partial charge is 0.205 e. The number of hydrogen-bond donors (Lipinski definition) is 1. The quantitative estimate of drug-likeness (QED) is 0.394. The lowest BCUT2D eigenvalue weighted by molar-refractivity contribution is 0.104. The van der Waals surface area contributed by atoms with Crippen LogP contribution >= 0.6 is 0 Å². The van der Waals surface area contributed by atoms with Crippen molar-refractivity contribution in [3.8, 4) is 17.6 Å². The van der Waals surface area contributed by atoms with Gasteiger partial charge in [-0.1, -0.05) is 24.3 Å². The van der Waals surface area contributed by atoms with Crippen molar-refractivity contribution in [2.75, 3.05) is 13.7 Å². The van der Waals surface area contributed by atoms with Gasteiger partial charge in [0, 0.05) is 16.6 Å². The van der Waals surface area contributed by atoms with Crippen LogP contribution < -0.4 is 9.47 Å². The molecule has 136 valence electrons. The molecule has 0 aliphatic heterocycles. The number of fused-ring (bicyclic) bond motifs is 1. The van der Waals surface area contributed by atoms with E-state index < -0.39 is 0 Å². The zero-order valence-corrected chi connectivity index (χ0v) is 15.5. The van der Waals surface area contributed by atoms with E-state index >= 15 is 0 Å². The highest BCUT2D eigenvalue weighted by Crippen LogP contribution is 2.30. The molecule has 1 aromatic heterocycles. The molecular weight excluding hydrogens is 340 g/mol. The number of ketones is 1. The number of Topliss-reactive ketones (excluding diaryl/α,β-unsaturated/α-hetero) is 1. The highest BCUT2D eigenvalue weighted by atomic mass is 16.5. The summed E-state index contributed by atoms with van der Waals surface area (Å²) in [6.45, 7) is 4.25. The monoisotopic (exact) mass is 360 g/mol. The van der Waals surface area contributed by atoms with Crippen LogP contribution in [0.3, 0.4) is 0 Å². The van der Waals surface area contributed by atoms with E-state index in [1.165, 1.54) is 0 Å². The van der Waals surface area contributed by atoms with Crippen molar-refractivity contribution in [3.63, 3.8) is 0 Å². The Hall–Kier alpha value is -3.52. The lowest BCUT2D eigenvalue weighted by atomic mass is 9.99. The third kappa shape index (κ3) is 3.56. The third-order valence-corrected chi connectivity index (χ3v) is 4.28. The number of carbonyl (C=O) groups is 1. The normalized spacial score (nSPS) is 11.3. The number of methoxy groups -OCH3 is 1. The van der Waals surface area contributed by atoms with Gasteiger partial charge in [-0.3, -0.25) is 4.79 Å². The highest BCUT2D eigenvalue weighted by Gasteiger charge is 2.19. The molecule has 1 N–H and O–H groups in total. The standard InChI is InChI=1S/C22H20N2O3/c1-4-27-19-10-9-15(12-20(19)26-3)11-16(13-23)22(25)21-14(2)24-18-8-6-5-7-17(18)21/h5-12,24H,4H2,1-3H3/b16-11+. The number of rotatable bonds is 6. The van der Waals surface area contributed by atoms with Gasteiger partial charge in [0.2, 0.25) is 5.78 Å². The maximum absolute atomic E-state index is 13.0. The number of nitrogens with one attached hydrogen (secondary N) is 1. The first-order chi connectivity index (χ1) is 13.1. The predicted octanol–water partition coefficient (Wildman–Crippen LogP) is 4.67.